The molecular weight excluding hydrogens is 402 g/mol. The maximum atomic E-state index is 12.2. The first-order valence-electron chi connectivity index (χ1n) is 10.4. The first-order valence-corrected chi connectivity index (χ1v) is 10.4. The highest BCUT2D eigenvalue weighted by Gasteiger charge is 2.28. The number of hydrogen-bond donors (Lipinski definition) is 1. The number of methoxy groups -OCH3 is 1. The molecule has 32 heavy (non-hydrogen) atoms. The zero-order chi connectivity index (χ0) is 22.5. The lowest BCUT2D eigenvalue weighted by molar-refractivity contribution is 0.0600. The monoisotopic (exact) mass is 425 g/mol. The Morgan fingerprint density at radius 2 is 1.59 bits per heavy atom. The van der Waals surface area contributed by atoms with Crippen LogP contribution in [-0.4, -0.2) is 32.3 Å². The van der Waals surface area contributed by atoms with Crippen molar-refractivity contribution in [1.82, 2.24) is 5.32 Å². The van der Waals surface area contributed by atoms with Gasteiger partial charge in [-0.15, -0.1) is 0 Å². The van der Waals surface area contributed by atoms with Gasteiger partial charge < -0.3 is 14.8 Å². The van der Waals surface area contributed by atoms with Crippen molar-refractivity contribution >= 4 is 12.1 Å². The number of benzene rings is 3. The van der Waals surface area contributed by atoms with Gasteiger partial charge >= 0.3 is 12.1 Å². The second-order valence-electron chi connectivity index (χ2n) is 7.45. The zero-order valence-electron chi connectivity index (χ0n) is 18.0. The van der Waals surface area contributed by atoms with Gasteiger partial charge in [0.1, 0.15) is 6.61 Å². The Hall–Kier alpha value is -4.04. The normalized spacial score (nSPS) is 11.6. The third kappa shape index (κ3) is 4.21. The van der Waals surface area contributed by atoms with Gasteiger partial charge in [-0.1, -0.05) is 66.4 Å². The van der Waals surface area contributed by atoms with E-state index in [1.807, 2.05) is 37.3 Å². The molecule has 3 aromatic rings. The number of carbonyl (C=O) groups excluding carboxylic acids is 2. The molecule has 0 saturated carbocycles. The lowest BCUT2D eigenvalue weighted by atomic mass is 9.98. The summed E-state index contributed by atoms with van der Waals surface area (Å²) in [5, 5.41) is 2.67. The summed E-state index contributed by atoms with van der Waals surface area (Å²) in [6.07, 6.45) is -0.513. The standard InChI is InChI=1S/C27H23NO4/c1-18-19(9-7-15-20(18)26(29)31-2)10-8-16-28-27(30)32-17-25-23-13-5-3-11-21(23)22-12-4-6-14-24(22)25/h3-7,9,11-15,25H,16-17H2,1-2H3,(H,28,30). The van der Waals surface area contributed by atoms with Crippen molar-refractivity contribution in [2.24, 2.45) is 0 Å². The first-order chi connectivity index (χ1) is 15.6. The highest BCUT2D eigenvalue weighted by molar-refractivity contribution is 5.91. The molecule has 3 aromatic carbocycles. The van der Waals surface area contributed by atoms with E-state index < -0.39 is 12.1 Å². The largest absolute Gasteiger partial charge is 0.465 e. The van der Waals surface area contributed by atoms with E-state index in [9.17, 15) is 9.59 Å². The molecule has 0 bridgehead atoms. The van der Waals surface area contributed by atoms with Gasteiger partial charge in [-0.2, -0.15) is 0 Å². The number of carbonyl (C=O) groups is 2. The minimum atomic E-state index is -0.513. The molecule has 0 unspecified atom stereocenters. The Balaban J connectivity index is 1.35. The van der Waals surface area contributed by atoms with Crippen LogP contribution >= 0.6 is 0 Å². The SMILES string of the molecule is COC(=O)c1cccc(C#CCNC(=O)OCC2c3ccccc3-c3ccccc32)c1C. The molecule has 0 spiro atoms. The Morgan fingerprint density at radius 1 is 0.938 bits per heavy atom. The summed E-state index contributed by atoms with van der Waals surface area (Å²) in [6.45, 7) is 2.21. The lowest BCUT2D eigenvalue weighted by Gasteiger charge is -2.14. The molecule has 0 heterocycles. The van der Waals surface area contributed by atoms with Crippen LogP contribution in [-0.2, 0) is 9.47 Å². The number of alkyl carbamates (subject to hydrolysis) is 1. The van der Waals surface area contributed by atoms with Crippen LogP contribution in [0, 0.1) is 18.8 Å². The van der Waals surface area contributed by atoms with E-state index in [1.54, 1.807) is 12.1 Å². The third-order valence-corrected chi connectivity index (χ3v) is 5.63. The van der Waals surface area contributed by atoms with E-state index in [-0.39, 0.29) is 19.1 Å². The molecule has 0 radical (unpaired) electrons. The van der Waals surface area contributed by atoms with E-state index in [4.69, 9.17) is 9.47 Å². The summed E-state index contributed by atoms with van der Waals surface area (Å²) in [5.41, 5.74) is 6.64. The van der Waals surface area contributed by atoms with Gasteiger partial charge in [0.15, 0.2) is 0 Å². The summed E-state index contributed by atoms with van der Waals surface area (Å²) in [6, 6.07) is 21.7. The van der Waals surface area contributed by atoms with E-state index >= 15 is 0 Å². The Morgan fingerprint density at radius 3 is 2.25 bits per heavy atom. The quantitative estimate of drug-likeness (QED) is 0.487. The second-order valence-corrected chi connectivity index (χ2v) is 7.45. The van der Waals surface area contributed by atoms with Crippen molar-refractivity contribution in [3.8, 4) is 23.0 Å². The minimum Gasteiger partial charge on any atom is -0.465 e. The van der Waals surface area contributed by atoms with Gasteiger partial charge in [-0.3, -0.25) is 0 Å². The fourth-order valence-corrected chi connectivity index (χ4v) is 4.01. The number of ether oxygens (including phenoxy) is 2. The van der Waals surface area contributed by atoms with E-state index in [1.165, 1.54) is 29.4 Å². The average molecular weight is 425 g/mol. The molecule has 1 amide bonds. The molecule has 0 atom stereocenters. The molecule has 1 aliphatic carbocycles. The van der Waals surface area contributed by atoms with E-state index in [0.717, 1.165) is 5.56 Å². The maximum Gasteiger partial charge on any atom is 0.407 e. The highest BCUT2D eigenvalue weighted by Crippen LogP contribution is 2.44. The van der Waals surface area contributed by atoms with E-state index in [2.05, 4.69) is 41.4 Å². The number of esters is 1. The van der Waals surface area contributed by atoms with Gasteiger partial charge in [0, 0.05) is 11.5 Å². The number of amides is 1. The predicted octanol–water partition coefficient (Wildman–Crippen LogP) is 4.67. The summed E-state index contributed by atoms with van der Waals surface area (Å²) in [5.74, 6) is 5.50. The van der Waals surface area contributed by atoms with Crippen molar-refractivity contribution in [1.29, 1.82) is 0 Å². The molecule has 0 fully saturated rings. The fraction of sp³-hybridized carbons (Fsp3) is 0.185. The molecule has 5 heteroatoms. The maximum absolute atomic E-state index is 12.2. The predicted molar refractivity (Wildman–Crippen MR) is 122 cm³/mol. The molecule has 160 valence electrons. The van der Waals surface area contributed by atoms with Crippen molar-refractivity contribution in [2.75, 3.05) is 20.3 Å². The zero-order valence-corrected chi connectivity index (χ0v) is 18.0. The van der Waals surface area contributed by atoms with Crippen molar-refractivity contribution in [2.45, 2.75) is 12.8 Å². The molecule has 0 aromatic heterocycles. The van der Waals surface area contributed by atoms with Crippen LogP contribution in [0.4, 0.5) is 4.79 Å². The Bertz CT molecular complexity index is 1190. The molecule has 0 aliphatic heterocycles. The van der Waals surface area contributed by atoms with Crippen LogP contribution in [0.5, 0.6) is 0 Å². The summed E-state index contributed by atoms with van der Waals surface area (Å²) in [7, 11) is 1.35. The van der Waals surface area contributed by atoms with Crippen LogP contribution in [0.2, 0.25) is 0 Å². The molecule has 1 N–H and O–H groups in total. The fourth-order valence-electron chi connectivity index (χ4n) is 4.01. The number of rotatable bonds is 4. The molecular formula is C27H23NO4. The Kier molecular flexibility index (Phi) is 6.23. The lowest BCUT2D eigenvalue weighted by Crippen LogP contribution is -2.26. The minimum absolute atomic E-state index is 0.0166. The molecule has 0 saturated heterocycles. The van der Waals surface area contributed by atoms with Gasteiger partial charge in [-0.05, 0) is 46.9 Å². The third-order valence-electron chi connectivity index (χ3n) is 5.63. The van der Waals surface area contributed by atoms with E-state index in [0.29, 0.717) is 11.1 Å². The van der Waals surface area contributed by atoms with Gasteiger partial charge in [-0.25, -0.2) is 9.59 Å². The van der Waals surface area contributed by atoms with Crippen LogP contribution in [0.15, 0.2) is 66.7 Å². The highest BCUT2D eigenvalue weighted by atomic mass is 16.5. The summed E-state index contributed by atoms with van der Waals surface area (Å²) in [4.78, 5) is 24.0. The van der Waals surface area contributed by atoms with Crippen molar-refractivity contribution < 1.29 is 19.1 Å². The van der Waals surface area contributed by atoms with Gasteiger partial charge in [0.25, 0.3) is 0 Å². The molecule has 5 nitrogen and oxygen atoms in total. The smallest absolute Gasteiger partial charge is 0.407 e. The average Bonchev–Trinajstić information content (AvgIpc) is 3.14. The second kappa shape index (κ2) is 9.40. The molecule has 4 rings (SSSR count). The Labute approximate surface area is 187 Å². The van der Waals surface area contributed by atoms with Crippen molar-refractivity contribution in [3.63, 3.8) is 0 Å². The van der Waals surface area contributed by atoms with Crippen LogP contribution < -0.4 is 5.32 Å². The number of fused-ring (bicyclic) bond motifs is 3. The topological polar surface area (TPSA) is 64.6 Å². The molecule has 1 aliphatic rings. The number of nitrogens with one attached hydrogen (secondary N) is 1. The van der Waals surface area contributed by atoms with Crippen LogP contribution in [0.25, 0.3) is 11.1 Å². The van der Waals surface area contributed by atoms with Gasteiger partial charge in [0.05, 0.1) is 19.2 Å². The van der Waals surface area contributed by atoms with Gasteiger partial charge in [0.2, 0.25) is 0 Å². The van der Waals surface area contributed by atoms with Crippen molar-refractivity contribution in [3.05, 3.63) is 94.5 Å². The number of hydrogen-bond acceptors (Lipinski definition) is 4. The summed E-state index contributed by atoms with van der Waals surface area (Å²) < 4.78 is 10.3. The first kappa shape index (κ1) is 21.2. The summed E-state index contributed by atoms with van der Waals surface area (Å²) >= 11 is 0. The van der Waals surface area contributed by atoms with Crippen LogP contribution in [0.3, 0.4) is 0 Å². The van der Waals surface area contributed by atoms with Crippen LogP contribution in [0.1, 0.15) is 38.5 Å².